The van der Waals surface area contributed by atoms with Crippen LogP contribution in [0, 0.1) is 23.0 Å². The molecule has 0 heterocycles. The minimum atomic E-state index is -0.725. The van der Waals surface area contributed by atoms with Crippen molar-refractivity contribution in [2.45, 2.75) is 19.9 Å². The molecule has 0 saturated carbocycles. The standard InChI is InChI=1S/C13H14F2N2/c1-4-5-17(9(2)3)13-11(14)6-10(8-16)7-12(13)15/h4,6-7,9H,1,5H2,2-3H3. The molecule has 2 nitrogen and oxygen atoms in total. The van der Waals surface area contributed by atoms with Gasteiger partial charge in [0.25, 0.3) is 0 Å². The Morgan fingerprint density at radius 3 is 2.29 bits per heavy atom. The molecule has 0 atom stereocenters. The number of hydrogen-bond acceptors (Lipinski definition) is 2. The van der Waals surface area contributed by atoms with E-state index in [4.69, 9.17) is 5.26 Å². The first-order valence-corrected chi connectivity index (χ1v) is 5.28. The van der Waals surface area contributed by atoms with Gasteiger partial charge in [-0.1, -0.05) is 6.08 Å². The topological polar surface area (TPSA) is 27.0 Å². The van der Waals surface area contributed by atoms with Crippen LogP contribution in [-0.4, -0.2) is 12.6 Å². The SMILES string of the molecule is C=CCN(c1c(F)cc(C#N)cc1F)C(C)C. The van der Waals surface area contributed by atoms with Crippen molar-refractivity contribution in [2.75, 3.05) is 11.4 Å². The highest BCUT2D eigenvalue weighted by Gasteiger charge is 2.19. The maximum absolute atomic E-state index is 13.8. The molecule has 1 aromatic carbocycles. The average Bonchev–Trinajstić information content (AvgIpc) is 2.26. The van der Waals surface area contributed by atoms with Crippen LogP contribution in [0.4, 0.5) is 14.5 Å². The third-order valence-electron chi connectivity index (χ3n) is 2.38. The zero-order valence-electron chi connectivity index (χ0n) is 9.87. The number of nitriles is 1. The van der Waals surface area contributed by atoms with Gasteiger partial charge in [-0.3, -0.25) is 0 Å². The van der Waals surface area contributed by atoms with Crippen molar-refractivity contribution < 1.29 is 8.78 Å². The summed E-state index contributed by atoms with van der Waals surface area (Å²) in [4.78, 5) is 1.55. The van der Waals surface area contributed by atoms with Crippen LogP contribution in [0.1, 0.15) is 19.4 Å². The van der Waals surface area contributed by atoms with Crippen molar-refractivity contribution in [3.8, 4) is 6.07 Å². The molecule has 0 spiro atoms. The molecule has 0 amide bonds. The summed E-state index contributed by atoms with van der Waals surface area (Å²) in [6, 6.07) is 3.73. The van der Waals surface area contributed by atoms with Crippen LogP contribution >= 0.6 is 0 Å². The second kappa shape index (κ2) is 5.44. The lowest BCUT2D eigenvalue weighted by atomic mass is 10.1. The van der Waals surface area contributed by atoms with Crippen LogP contribution in [0.2, 0.25) is 0 Å². The Labute approximate surface area is 99.8 Å². The van der Waals surface area contributed by atoms with Crippen LogP contribution in [0.3, 0.4) is 0 Å². The van der Waals surface area contributed by atoms with Crippen molar-refractivity contribution in [3.63, 3.8) is 0 Å². The second-order valence-electron chi connectivity index (χ2n) is 3.94. The van der Waals surface area contributed by atoms with E-state index >= 15 is 0 Å². The lowest BCUT2D eigenvalue weighted by molar-refractivity contribution is 0.562. The van der Waals surface area contributed by atoms with Gasteiger partial charge in [0.1, 0.15) is 5.69 Å². The summed E-state index contributed by atoms with van der Waals surface area (Å²) in [7, 11) is 0. The van der Waals surface area contributed by atoms with E-state index in [2.05, 4.69) is 6.58 Å². The highest BCUT2D eigenvalue weighted by Crippen LogP contribution is 2.26. The van der Waals surface area contributed by atoms with E-state index < -0.39 is 11.6 Å². The van der Waals surface area contributed by atoms with E-state index in [1.807, 2.05) is 13.8 Å². The first-order valence-electron chi connectivity index (χ1n) is 5.28. The minimum Gasteiger partial charge on any atom is -0.361 e. The molecule has 0 saturated heterocycles. The Balaban J connectivity index is 3.29. The average molecular weight is 236 g/mol. The van der Waals surface area contributed by atoms with Crippen LogP contribution < -0.4 is 4.90 Å². The molecule has 17 heavy (non-hydrogen) atoms. The summed E-state index contributed by atoms with van der Waals surface area (Å²) in [6.07, 6.45) is 1.58. The fourth-order valence-electron chi connectivity index (χ4n) is 1.60. The van der Waals surface area contributed by atoms with Crippen LogP contribution in [0.15, 0.2) is 24.8 Å². The number of benzene rings is 1. The molecule has 0 aliphatic heterocycles. The molecule has 90 valence electrons. The van der Waals surface area contributed by atoms with Gasteiger partial charge in [0, 0.05) is 12.6 Å². The normalized spacial score (nSPS) is 10.1. The molecule has 0 aliphatic rings. The quantitative estimate of drug-likeness (QED) is 0.750. The van der Waals surface area contributed by atoms with E-state index in [-0.39, 0.29) is 17.3 Å². The number of nitrogens with zero attached hydrogens (tertiary/aromatic N) is 2. The van der Waals surface area contributed by atoms with Gasteiger partial charge in [-0.05, 0) is 26.0 Å². The molecule has 0 radical (unpaired) electrons. The maximum atomic E-state index is 13.8. The molecule has 1 aromatic rings. The number of anilines is 1. The van der Waals surface area contributed by atoms with E-state index in [1.54, 1.807) is 17.0 Å². The van der Waals surface area contributed by atoms with Gasteiger partial charge < -0.3 is 4.90 Å². The van der Waals surface area contributed by atoms with Crippen molar-refractivity contribution in [1.82, 2.24) is 0 Å². The van der Waals surface area contributed by atoms with Gasteiger partial charge >= 0.3 is 0 Å². The van der Waals surface area contributed by atoms with E-state index in [9.17, 15) is 8.78 Å². The molecule has 0 N–H and O–H groups in total. The molecule has 0 aliphatic carbocycles. The van der Waals surface area contributed by atoms with Crippen molar-refractivity contribution in [3.05, 3.63) is 42.0 Å². The van der Waals surface area contributed by atoms with Crippen LogP contribution in [0.25, 0.3) is 0 Å². The fourth-order valence-corrected chi connectivity index (χ4v) is 1.60. The lowest BCUT2D eigenvalue weighted by Crippen LogP contribution is -2.32. The summed E-state index contributed by atoms with van der Waals surface area (Å²) in [5, 5.41) is 8.62. The van der Waals surface area contributed by atoms with Gasteiger partial charge in [-0.25, -0.2) is 8.78 Å². The first kappa shape index (κ1) is 13.2. The number of halogens is 2. The first-order chi connectivity index (χ1) is 8.01. The molecular weight excluding hydrogens is 222 g/mol. The van der Waals surface area contributed by atoms with Crippen LogP contribution in [0.5, 0.6) is 0 Å². The molecule has 0 unspecified atom stereocenters. The van der Waals surface area contributed by atoms with E-state index in [0.717, 1.165) is 12.1 Å². The van der Waals surface area contributed by atoms with Gasteiger partial charge in [0.2, 0.25) is 0 Å². The number of hydrogen-bond donors (Lipinski definition) is 0. The van der Waals surface area contributed by atoms with E-state index in [1.165, 1.54) is 0 Å². The zero-order valence-corrected chi connectivity index (χ0v) is 9.87. The Hall–Kier alpha value is -1.89. The van der Waals surface area contributed by atoms with Gasteiger partial charge in [-0.2, -0.15) is 5.26 Å². The highest BCUT2D eigenvalue weighted by atomic mass is 19.1. The molecule has 4 heteroatoms. The summed E-state index contributed by atoms with van der Waals surface area (Å²) >= 11 is 0. The molecule has 0 aromatic heterocycles. The van der Waals surface area contributed by atoms with Gasteiger partial charge in [0.15, 0.2) is 11.6 Å². The monoisotopic (exact) mass is 236 g/mol. The predicted molar refractivity (Wildman–Crippen MR) is 63.8 cm³/mol. The van der Waals surface area contributed by atoms with E-state index in [0.29, 0.717) is 6.54 Å². The Morgan fingerprint density at radius 1 is 1.41 bits per heavy atom. The highest BCUT2D eigenvalue weighted by molar-refractivity contribution is 5.53. The van der Waals surface area contributed by atoms with Gasteiger partial charge in [-0.15, -0.1) is 6.58 Å². The predicted octanol–water partition coefficient (Wildman–Crippen LogP) is 3.24. The second-order valence-corrected chi connectivity index (χ2v) is 3.94. The zero-order chi connectivity index (χ0) is 13.0. The molecule has 0 fully saturated rings. The summed E-state index contributed by atoms with van der Waals surface area (Å²) in [5.41, 5.74) is -0.134. The van der Waals surface area contributed by atoms with Crippen molar-refractivity contribution in [2.24, 2.45) is 0 Å². The Morgan fingerprint density at radius 2 is 1.94 bits per heavy atom. The summed E-state index contributed by atoms with van der Waals surface area (Å²) < 4.78 is 27.5. The van der Waals surface area contributed by atoms with Crippen molar-refractivity contribution >= 4 is 5.69 Å². The molecular formula is C13H14F2N2. The van der Waals surface area contributed by atoms with Crippen molar-refractivity contribution in [1.29, 1.82) is 5.26 Å². The minimum absolute atomic E-state index is 0.0222. The third kappa shape index (κ3) is 2.82. The Kier molecular flexibility index (Phi) is 4.22. The smallest absolute Gasteiger partial charge is 0.150 e. The number of rotatable bonds is 4. The van der Waals surface area contributed by atoms with Crippen LogP contribution in [-0.2, 0) is 0 Å². The maximum Gasteiger partial charge on any atom is 0.150 e. The molecule has 0 bridgehead atoms. The fraction of sp³-hybridized carbons (Fsp3) is 0.308. The largest absolute Gasteiger partial charge is 0.361 e. The summed E-state index contributed by atoms with van der Waals surface area (Å²) in [5.74, 6) is -1.45. The molecule has 1 rings (SSSR count). The third-order valence-corrected chi connectivity index (χ3v) is 2.38. The lowest BCUT2D eigenvalue weighted by Gasteiger charge is -2.28. The summed E-state index contributed by atoms with van der Waals surface area (Å²) in [6.45, 7) is 7.58. The Bertz CT molecular complexity index is 438. The van der Waals surface area contributed by atoms with Gasteiger partial charge in [0.05, 0.1) is 11.6 Å².